The number of aliphatic hydroxyl groups excluding tert-OH is 1. The maximum Gasteiger partial charge on any atom is 0.316 e. The first kappa shape index (κ1) is 26.6. The van der Waals surface area contributed by atoms with E-state index in [1.54, 1.807) is 0 Å². The van der Waals surface area contributed by atoms with Crippen molar-refractivity contribution in [3.05, 3.63) is 30.2 Å². The zero-order chi connectivity index (χ0) is 26.6. The van der Waals surface area contributed by atoms with Crippen LogP contribution in [0.15, 0.2) is 39.8 Å². The molecule has 5 rings (SSSR count). The average Bonchev–Trinajstić information content (AvgIpc) is 3.64. The molecule has 0 spiro atoms. The normalized spacial score (nSPS) is 39.5. The molecule has 3 saturated carbocycles. The van der Waals surface area contributed by atoms with Gasteiger partial charge in [-0.05, 0) is 54.4 Å². The fourth-order valence-corrected chi connectivity index (χ4v) is 8.77. The summed E-state index contributed by atoms with van der Waals surface area (Å²) in [4.78, 5) is 27.6. The third-order valence-electron chi connectivity index (χ3n) is 10.0. The Hall–Kier alpha value is -1.97. The summed E-state index contributed by atoms with van der Waals surface area (Å²) in [6, 6.07) is 3.81. The number of hydrogen-bond acceptors (Lipinski definition) is 9. The van der Waals surface area contributed by atoms with Crippen LogP contribution in [0.4, 0.5) is 0 Å². The highest BCUT2D eigenvalue weighted by Gasteiger charge is 2.68. The Bertz CT molecular complexity index is 1180. The number of ketones is 1. The highest BCUT2D eigenvalue weighted by atomic mass is 32.2. The van der Waals surface area contributed by atoms with Crippen LogP contribution in [0.3, 0.4) is 0 Å². The van der Waals surface area contributed by atoms with E-state index in [-0.39, 0.29) is 34.7 Å². The van der Waals surface area contributed by atoms with Crippen LogP contribution in [-0.4, -0.2) is 45.0 Å². The van der Waals surface area contributed by atoms with Crippen molar-refractivity contribution in [1.29, 1.82) is 0 Å². The predicted octanol–water partition coefficient (Wildman–Crippen LogP) is 5.80. The second-order valence-electron chi connectivity index (χ2n) is 11.7. The Labute approximate surface area is 226 Å². The molecule has 0 radical (unpaired) electrons. The number of Topliss-reactive ketones (excluding diaryl/α,β-unsaturated/α-hetero) is 1. The van der Waals surface area contributed by atoms with E-state index >= 15 is 0 Å². The van der Waals surface area contributed by atoms with Crippen LogP contribution < -0.4 is 0 Å². The molecule has 0 aromatic carbocycles. The van der Waals surface area contributed by atoms with Crippen molar-refractivity contribution in [3.8, 4) is 10.8 Å². The quantitative estimate of drug-likeness (QED) is 0.277. The lowest BCUT2D eigenvalue weighted by atomic mass is 9.44. The van der Waals surface area contributed by atoms with Gasteiger partial charge in [-0.15, -0.1) is 28.1 Å². The number of nitrogens with zero attached hydrogens (tertiary/aromatic N) is 2. The summed E-state index contributed by atoms with van der Waals surface area (Å²) >= 11 is 2.65. The lowest BCUT2D eigenvalue weighted by Crippen LogP contribution is -2.63. The molecule has 2 aromatic heterocycles. The number of thiophene rings is 1. The van der Waals surface area contributed by atoms with Gasteiger partial charge in [-0.1, -0.05) is 51.6 Å². The molecule has 8 atom stereocenters. The molecule has 200 valence electrons. The van der Waals surface area contributed by atoms with E-state index < -0.39 is 29.0 Å². The molecule has 2 heterocycles. The van der Waals surface area contributed by atoms with E-state index in [1.807, 2.05) is 30.5 Å². The molecule has 2 aromatic rings. The number of thioether (sulfide) groups is 1. The standard InChI is InChI=1S/C28H36N2O5S2/c1-6-26(4)14-20(34-21(32)15-37-25-30-29-24(35-25)19-8-7-13-36-19)27(5)16(2)9-11-28(17(3)23(26)33)12-10-18(31)22(27)28/h6-8,13,16-17,20,22-23,33H,1,9-12,14-15H2,2-5H3/t16-,17+,20-,22+,23+,26-,27+,28+/m1/s1. The van der Waals surface area contributed by atoms with E-state index in [4.69, 9.17) is 9.15 Å². The van der Waals surface area contributed by atoms with Crippen molar-refractivity contribution in [2.45, 2.75) is 77.2 Å². The molecule has 0 unspecified atom stereocenters. The molecule has 0 aliphatic heterocycles. The minimum Gasteiger partial charge on any atom is -0.461 e. The van der Waals surface area contributed by atoms with Crippen molar-refractivity contribution < 1.29 is 23.8 Å². The molecule has 37 heavy (non-hydrogen) atoms. The molecule has 7 nitrogen and oxygen atoms in total. The van der Waals surface area contributed by atoms with Gasteiger partial charge in [-0.2, -0.15) is 0 Å². The molecule has 3 aliphatic carbocycles. The number of hydrogen-bond donors (Lipinski definition) is 1. The Morgan fingerprint density at radius 2 is 2.14 bits per heavy atom. The van der Waals surface area contributed by atoms with Gasteiger partial charge in [0.2, 0.25) is 0 Å². The van der Waals surface area contributed by atoms with Crippen molar-refractivity contribution in [1.82, 2.24) is 10.2 Å². The first-order chi connectivity index (χ1) is 17.5. The molecule has 3 aliphatic rings. The second kappa shape index (κ2) is 9.65. The number of esters is 1. The number of rotatable bonds is 6. The van der Waals surface area contributed by atoms with Crippen LogP contribution >= 0.6 is 23.1 Å². The first-order valence-electron chi connectivity index (χ1n) is 13.1. The van der Waals surface area contributed by atoms with Gasteiger partial charge in [0.15, 0.2) is 0 Å². The summed E-state index contributed by atoms with van der Waals surface area (Å²) < 4.78 is 12.0. The molecule has 3 fully saturated rings. The van der Waals surface area contributed by atoms with Crippen molar-refractivity contribution in [2.24, 2.45) is 34.0 Å². The number of aliphatic hydroxyl groups is 1. The van der Waals surface area contributed by atoms with Crippen LogP contribution in [-0.2, 0) is 14.3 Å². The number of carbonyl (C=O) groups excluding carboxylic acids is 2. The Kier molecular flexibility index (Phi) is 6.94. The van der Waals surface area contributed by atoms with E-state index in [9.17, 15) is 14.7 Å². The number of ether oxygens (including phenoxy) is 1. The minimum absolute atomic E-state index is 0.0144. The SMILES string of the molecule is C=C[C@]1(C)C[C@@H](OC(=O)CSc2nnc(-c3cccs3)o2)[C@]2(C)[C@H](C)CC[C@]3(CCC(=O)[C@H]32)[C@@H](C)[C@@H]1O. The summed E-state index contributed by atoms with van der Waals surface area (Å²) in [6.45, 7) is 12.5. The van der Waals surface area contributed by atoms with Gasteiger partial charge >= 0.3 is 5.97 Å². The van der Waals surface area contributed by atoms with E-state index in [0.29, 0.717) is 24.0 Å². The van der Waals surface area contributed by atoms with Gasteiger partial charge in [-0.25, -0.2) is 0 Å². The summed E-state index contributed by atoms with van der Waals surface area (Å²) in [5, 5.41) is 22.0. The summed E-state index contributed by atoms with van der Waals surface area (Å²) in [5.74, 6) is 0.196. The summed E-state index contributed by atoms with van der Waals surface area (Å²) in [7, 11) is 0. The second-order valence-corrected chi connectivity index (χ2v) is 13.6. The smallest absolute Gasteiger partial charge is 0.316 e. The molecule has 9 heteroatoms. The zero-order valence-electron chi connectivity index (χ0n) is 21.9. The zero-order valence-corrected chi connectivity index (χ0v) is 23.6. The monoisotopic (exact) mass is 544 g/mol. The van der Waals surface area contributed by atoms with Crippen molar-refractivity contribution in [2.75, 3.05) is 5.75 Å². The average molecular weight is 545 g/mol. The fraction of sp³-hybridized carbons (Fsp3) is 0.643. The van der Waals surface area contributed by atoms with Crippen LogP contribution in [0.25, 0.3) is 10.8 Å². The van der Waals surface area contributed by atoms with Gasteiger partial charge in [0.25, 0.3) is 11.1 Å². The maximum atomic E-state index is 13.5. The van der Waals surface area contributed by atoms with Crippen LogP contribution in [0.1, 0.15) is 59.8 Å². The largest absolute Gasteiger partial charge is 0.461 e. The predicted molar refractivity (Wildman–Crippen MR) is 143 cm³/mol. The maximum absolute atomic E-state index is 13.5. The topological polar surface area (TPSA) is 103 Å². The molecule has 1 N–H and O–H groups in total. The number of aromatic nitrogens is 2. The fourth-order valence-electron chi connectivity index (χ4n) is 7.58. The van der Waals surface area contributed by atoms with Gasteiger partial charge in [0.1, 0.15) is 17.6 Å². The van der Waals surface area contributed by atoms with Crippen molar-refractivity contribution in [3.63, 3.8) is 0 Å². The number of carbonyl (C=O) groups is 2. The van der Waals surface area contributed by atoms with Gasteiger partial charge in [-0.3, -0.25) is 9.59 Å². The summed E-state index contributed by atoms with van der Waals surface area (Å²) in [5.41, 5.74) is -1.47. The Balaban J connectivity index is 1.41. The van der Waals surface area contributed by atoms with Crippen LogP contribution in [0.2, 0.25) is 0 Å². The molecule has 2 bridgehead atoms. The Morgan fingerprint density at radius 1 is 1.35 bits per heavy atom. The molecule has 0 saturated heterocycles. The lowest BCUT2D eigenvalue weighted by Gasteiger charge is -2.61. The van der Waals surface area contributed by atoms with E-state index in [1.165, 1.54) is 11.3 Å². The third-order valence-corrected chi connectivity index (χ3v) is 11.7. The molecule has 0 amide bonds. The Morgan fingerprint density at radius 3 is 2.84 bits per heavy atom. The molecular weight excluding hydrogens is 508 g/mol. The van der Waals surface area contributed by atoms with Crippen LogP contribution in [0, 0.1) is 34.0 Å². The minimum atomic E-state index is -0.680. The third kappa shape index (κ3) is 4.21. The van der Waals surface area contributed by atoms with E-state index in [2.05, 4.69) is 37.5 Å². The summed E-state index contributed by atoms with van der Waals surface area (Å²) in [6.07, 6.45) is 4.18. The van der Waals surface area contributed by atoms with Gasteiger partial charge < -0.3 is 14.3 Å². The van der Waals surface area contributed by atoms with Gasteiger partial charge in [0, 0.05) is 23.2 Å². The van der Waals surface area contributed by atoms with Crippen molar-refractivity contribution >= 4 is 34.9 Å². The highest BCUT2D eigenvalue weighted by molar-refractivity contribution is 7.99. The highest BCUT2D eigenvalue weighted by Crippen LogP contribution is 2.68. The first-order valence-corrected chi connectivity index (χ1v) is 15.0. The van der Waals surface area contributed by atoms with Crippen LogP contribution in [0.5, 0.6) is 0 Å². The molecular formula is C28H36N2O5S2. The van der Waals surface area contributed by atoms with E-state index in [0.717, 1.165) is 35.9 Å². The lowest BCUT2D eigenvalue weighted by molar-refractivity contribution is -0.205. The van der Waals surface area contributed by atoms with Gasteiger partial charge in [0.05, 0.1) is 11.0 Å².